The highest BCUT2D eigenvalue weighted by Crippen LogP contribution is 2.14. The van der Waals surface area contributed by atoms with Crippen molar-refractivity contribution in [1.29, 1.82) is 0 Å². The smallest absolute Gasteiger partial charge is 0.335 e. The maximum atomic E-state index is 12.0. The summed E-state index contributed by atoms with van der Waals surface area (Å²) in [6.07, 6.45) is 1.03. The molecule has 2 rings (SSSR count). The summed E-state index contributed by atoms with van der Waals surface area (Å²) in [5.74, 6) is -1.97. The van der Waals surface area contributed by atoms with Crippen LogP contribution in [0.5, 0.6) is 0 Å². The number of anilines is 1. The van der Waals surface area contributed by atoms with Crippen LogP contribution in [-0.4, -0.2) is 28.8 Å². The third-order valence-corrected chi connectivity index (χ3v) is 3.10. The molecule has 0 saturated heterocycles. The standard InChI is InChI=1S/C17H12N2O5/c20-10-18-13-5-1-11(2-6-13)15(21)9-16(22)19-14-7-3-12(4-8-14)17(23)24/h1-8H,9H2,(H,19,22)(H,23,24). The first-order valence-corrected chi connectivity index (χ1v) is 6.84. The van der Waals surface area contributed by atoms with Gasteiger partial charge in [0.2, 0.25) is 12.0 Å². The lowest BCUT2D eigenvalue weighted by Crippen LogP contribution is -2.16. The number of carbonyl (C=O) groups is 3. The zero-order valence-electron chi connectivity index (χ0n) is 12.4. The average Bonchev–Trinajstić information content (AvgIpc) is 2.56. The van der Waals surface area contributed by atoms with E-state index in [1.165, 1.54) is 54.6 Å². The minimum absolute atomic E-state index is 0.0992. The van der Waals surface area contributed by atoms with Crippen molar-refractivity contribution in [1.82, 2.24) is 0 Å². The highest BCUT2D eigenvalue weighted by molar-refractivity contribution is 6.11. The van der Waals surface area contributed by atoms with E-state index in [1.807, 2.05) is 0 Å². The molecular formula is C17H12N2O5. The van der Waals surface area contributed by atoms with E-state index in [1.54, 1.807) is 0 Å². The summed E-state index contributed by atoms with van der Waals surface area (Å²) >= 11 is 0. The molecule has 7 heteroatoms. The number of benzene rings is 2. The van der Waals surface area contributed by atoms with Crippen molar-refractivity contribution in [2.45, 2.75) is 6.42 Å². The normalized spacial score (nSPS) is 9.67. The Morgan fingerprint density at radius 2 is 1.54 bits per heavy atom. The van der Waals surface area contributed by atoms with Crippen LogP contribution in [0.15, 0.2) is 53.5 Å². The number of hydrogen-bond donors (Lipinski definition) is 2. The monoisotopic (exact) mass is 324 g/mol. The Balaban J connectivity index is 1.97. The van der Waals surface area contributed by atoms with Crippen molar-refractivity contribution in [2.75, 3.05) is 5.32 Å². The van der Waals surface area contributed by atoms with Crippen LogP contribution in [0.1, 0.15) is 27.1 Å². The predicted octanol–water partition coefficient (Wildman–Crippen LogP) is 2.56. The molecule has 120 valence electrons. The molecule has 7 nitrogen and oxygen atoms in total. The molecule has 0 aliphatic rings. The van der Waals surface area contributed by atoms with Gasteiger partial charge in [0.15, 0.2) is 5.78 Å². The first kappa shape index (κ1) is 16.8. The number of amides is 1. The Morgan fingerprint density at radius 3 is 2.08 bits per heavy atom. The topological polar surface area (TPSA) is 113 Å². The van der Waals surface area contributed by atoms with Gasteiger partial charge in [-0.2, -0.15) is 4.99 Å². The summed E-state index contributed by atoms with van der Waals surface area (Å²) in [4.78, 5) is 48.2. The van der Waals surface area contributed by atoms with Crippen LogP contribution in [-0.2, 0) is 9.59 Å². The molecule has 0 spiro atoms. The molecule has 0 atom stereocenters. The number of aromatic carboxylic acids is 1. The Labute approximate surface area is 136 Å². The van der Waals surface area contributed by atoms with Crippen LogP contribution in [0.3, 0.4) is 0 Å². The first-order chi connectivity index (χ1) is 11.5. The van der Waals surface area contributed by atoms with Crippen molar-refractivity contribution >= 4 is 35.1 Å². The van der Waals surface area contributed by atoms with E-state index in [0.717, 1.165) is 0 Å². The van der Waals surface area contributed by atoms with Crippen molar-refractivity contribution in [3.63, 3.8) is 0 Å². The molecule has 1 amide bonds. The summed E-state index contributed by atoms with van der Waals surface area (Å²) in [5.41, 5.74) is 1.18. The molecule has 0 heterocycles. The number of nitrogens with one attached hydrogen (secondary N) is 1. The lowest BCUT2D eigenvalue weighted by molar-refractivity contribution is -0.115. The van der Waals surface area contributed by atoms with Crippen LogP contribution < -0.4 is 5.32 Å². The van der Waals surface area contributed by atoms with E-state index in [9.17, 15) is 19.2 Å². The number of hydrogen-bond acceptors (Lipinski definition) is 5. The number of carboxylic acid groups (broad SMARTS) is 1. The maximum Gasteiger partial charge on any atom is 0.335 e. The lowest BCUT2D eigenvalue weighted by atomic mass is 10.1. The van der Waals surface area contributed by atoms with Crippen molar-refractivity contribution in [3.8, 4) is 0 Å². The number of nitrogens with zero attached hydrogens (tertiary/aromatic N) is 1. The molecule has 2 N–H and O–H groups in total. The van der Waals surface area contributed by atoms with Gasteiger partial charge in [-0.05, 0) is 48.5 Å². The Hall–Kier alpha value is -3.57. The molecular weight excluding hydrogens is 312 g/mol. The molecule has 0 aliphatic heterocycles. The summed E-state index contributed by atoms with van der Waals surface area (Å²) in [7, 11) is 0. The fourth-order valence-electron chi connectivity index (χ4n) is 1.92. The van der Waals surface area contributed by atoms with E-state index in [2.05, 4.69) is 10.3 Å². The molecule has 24 heavy (non-hydrogen) atoms. The minimum Gasteiger partial charge on any atom is -0.478 e. The largest absolute Gasteiger partial charge is 0.478 e. The average molecular weight is 324 g/mol. The van der Waals surface area contributed by atoms with Gasteiger partial charge in [0.1, 0.15) is 0 Å². The zero-order valence-corrected chi connectivity index (χ0v) is 12.4. The minimum atomic E-state index is -1.06. The third-order valence-electron chi connectivity index (χ3n) is 3.10. The molecule has 2 aromatic rings. The van der Waals surface area contributed by atoms with Gasteiger partial charge in [-0.15, -0.1) is 0 Å². The zero-order chi connectivity index (χ0) is 17.5. The van der Waals surface area contributed by atoms with E-state index in [-0.39, 0.29) is 12.0 Å². The van der Waals surface area contributed by atoms with Crippen LogP contribution in [0.25, 0.3) is 0 Å². The first-order valence-electron chi connectivity index (χ1n) is 6.84. The van der Waals surface area contributed by atoms with Gasteiger partial charge >= 0.3 is 5.97 Å². The second-order valence-corrected chi connectivity index (χ2v) is 4.78. The summed E-state index contributed by atoms with van der Waals surface area (Å²) < 4.78 is 0. The fraction of sp³-hybridized carbons (Fsp3) is 0.0588. The second-order valence-electron chi connectivity index (χ2n) is 4.78. The van der Waals surface area contributed by atoms with E-state index in [0.29, 0.717) is 16.9 Å². The number of rotatable bonds is 6. The van der Waals surface area contributed by atoms with Gasteiger partial charge in [-0.1, -0.05) is 0 Å². The van der Waals surface area contributed by atoms with Crippen molar-refractivity contribution in [2.24, 2.45) is 4.99 Å². The van der Waals surface area contributed by atoms with Gasteiger partial charge < -0.3 is 10.4 Å². The molecule has 0 saturated carbocycles. The number of isocyanates is 1. The molecule has 0 bridgehead atoms. The number of Topliss-reactive ketones (excluding diaryl/α,β-unsaturated/α-hetero) is 1. The number of ketones is 1. The lowest BCUT2D eigenvalue weighted by Gasteiger charge is -2.05. The molecule has 0 radical (unpaired) electrons. The SMILES string of the molecule is O=C=Nc1ccc(C(=O)CC(=O)Nc2ccc(C(=O)O)cc2)cc1. The molecule has 0 unspecified atom stereocenters. The van der Waals surface area contributed by atoms with Crippen LogP contribution in [0, 0.1) is 0 Å². The molecule has 2 aromatic carbocycles. The van der Waals surface area contributed by atoms with Gasteiger partial charge in [0.05, 0.1) is 17.7 Å². The van der Waals surface area contributed by atoms with E-state index in [4.69, 9.17) is 5.11 Å². The highest BCUT2D eigenvalue weighted by atomic mass is 16.4. The number of carboxylic acids is 1. The summed E-state index contributed by atoms with van der Waals surface area (Å²) in [6.45, 7) is 0. The van der Waals surface area contributed by atoms with Gasteiger partial charge in [-0.3, -0.25) is 9.59 Å². The van der Waals surface area contributed by atoms with Crippen LogP contribution in [0.4, 0.5) is 11.4 Å². The highest BCUT2D eigenvalue weighted by Gasteiger charge is 2.12. The van der Waals surface area contributed by atoms with Gasteiger partial charge in [0, 0.05) is 11.3 Å². The van der Waals surface area contributed by atoms with Gasteiger partial charge in [0.25, 0.3) is 0 Å². The van der Waals surface area contributed by atoms with E-state index < -0.39 is 17.7 Å². The predicted molar refractivity (Wildman–Crippen MR) is 85.2 cm³/mol. The summed E-state index contributed by atoms with van der Waals surface area (Å²) in [6, 6.07) is 11.5. The Kier molecular flexibility index (Phi) is 5.33. The maximum absolute atomic E-state index is 12.0. The Morgan fingerprint density at radius 1 is 0.958 bits per heavy atom. The van der Waals surface area contributed by atoms with Crippen molar-refractivity contribution < 1.29 is 24.3 Å². The number of aliphatic imine (C=N–C) groups is 1. The molecule has 0 aliphatic carbocycles. The summed E-state index contributed by atoms with van der Waals surface area (Å²) in [5, 5.41) is 11.3. The van der Waals surface area contributed by atoms with Crippen molar-refractivity contribution in [3.05, 3.63) is 59.7 Å². The number of carbonyl (C=O) groups excluding carboxylic acids is 3. The molecule has 0 fully saturated rings. The Bertz CT molecular complexity index is 819. The third kappa shape index (κ3) is 4.46. The fourth-order valence-corrected chi connectivity index (χ4v) is 1.92. The quantitative estimate of drug-likeness (QED) is 0.367. The van der Waals surface area contributed by atoms with E-state index >= 15 is 0 Å². The molecule has 0 aromatic heterocycles. The van der Waals surface area contributed by atoms with Crippen LogP contribution in [0.2, 0.25) is 0 Å². The van der Waals surface area contributed by atoms with Gasteiger partial charge in [-0.25, -0.2) is 9.59 Å². The second kappa shape index (κ2) is 7.62. The van der Waals surface area contributed by atoms with Crippen LogP contribution >= 0.6 is 0 Å².